The molecule has 3 aliphatic heterocycles. The number of carbonyl (C=O) groups excluding carboxylic acids is 2. The summed E-state index contributed by atoms with van der Waals surface area (Å²) in [5.74, 6) is -4.64. The van der Waals surface area contributed by atoms with Gasteiger partial charge in [0.05, 0.1) is 47.8 Å². The van der Waals surface area contributed by atoms with Crippen LogP contribution in [0.2, 0.25) is 0 Å². The van der Waals surface area contributed by atoms with E-state index < -0.39 is 108 Å². The van der Waals surface area contributed by atoms with Crippen LogP contribution in [-0.4, -0.2) is 148 Å². The molecule has 0 saturated carbocycles. The van der Waals surface area contributed by atoms with E-state index in [1.165, 1.54) is 21.0 Å². The highest BCUT2D eigenvalue weighted by molar-refractivity contribution is 5.88. The summed E-state index contributed by atoms with van der Waals surface area (Å²) in [6, 6.07) is 9.11. The zero-order valence-corrected chi connectivity index (χ0v) is 39.3. The molecule has 0 amide bonds. The Hall–Kier alpha value is -2.77. The van der Waals surface area contributed by atoms with Gasteiger partial charge in [-0.1, -0.05) is 63.2 Å². The van der Waals surface area contributed by atoms with Crippen LogP contribution in [0.25, 0.3) is 0 Å². The Morgan fingerprint density at radius 3 is 2.16 bits per heavy atom. The normalized spacial score (nSPS) is 43.4. The van der Waals surface area contributed by atoms with Crippen molar-refractivity contribution in [2.45, 2.75) is 193 Å². The Morgan fingerprint density at radius 2 is 1.58 bits per heavy atom. The molecule has 354 valence electrons. The van der Waals surface area contributed by atoms with Gasteiger partial charge in [0.2, 0.25) is 0 Å². The third kappa shape index (κ3) is 12.1. The van der Waals surface area contributed by atoms with Crippen molar-refractivity contribution < 1.29 is 68.0 Å². The van der Waals surface area contributed by atoms with E-state index in [2.05, 4.69) is 5.16 Å². The number of cyclic esters (lactones) is 1. The topological polar surface area (TPSA) is 204 Å². The molecule has 0 spiro atoms. The van der Waals surface area contributed by atoms with Crippen LogP contribution >= 0.6 is 0 Å². The molecule has 4 N–H and O–H groups in total. The maximum absolute atomic E-state index is 14.5. The molecule has 1 aromatic carbocycles. The average molecular weight is 881 g/mol. The van der Waals surface area contributed by atoms with E-state index in [0.717, 1.165) is 5.56 Å². The lowest BCUT2D eigenvalue weighted by Gasteiger charge is -2.49. The maximum Gasteiger partial charge on any atom is 0.311 e. The number of nitrogens with zero attached hydrogens (tertiary/aromatic N) is 2. The summed E-state index contributed by atoms with van der Waals surface area (Å²) in [6.07, 6.45) is -9.36. The van der Waals surface area contributed by atoms with Gasteiger partial charge in [-0.05, 0) is 80.5 Å². The Morgan fingerprint density at radius 1 is 0.935 bits per heavy atom. The van der Waals surface area contributed by atoms with Gasteiger partial charge in [-0.25, -0.2) is 0 Å². The summed E-state index contributed by atoms with van der Waals surface area (Å²) in [5.41, 5.74) is -3.59. The first-order chi connectivity index (χ1) is 28.9. The molecular weight excluding hydrogens is 805 g/mol. The van der Waals surface area contributed by atoms with Crippen molar-refractivity contribution in [3.63, 3.8) is 0 Å². The van der Waals surface area contributed by atoms with Gasteiger partial charge < -0.3 is 63.3 Å². The van der Waals surface area contributed by atoms with Gasteiger partial charge in [0.15, 0.2) is 18.7 Å². The number of ether oxygens (including phenoxy) is 7. The lowest BCUT2D eigenvalue weighted by Crippen LogP contribution is -2.61. The number of oxime groups is 1. The quantitative estimate of drug-likeness (QED) is 0.180. The first-order valence-electron chi connectivity index (χ1n) is 22.1. The van der Waals surface area contributed by atoms with Gasteiger partial charge in [-0.3, -0.25) is 9.59 Å². The Bertz CT molecular complexity index is 1630. The molecule has 0 radical (unpaired) electrons. The first kappa shape index (κ1) is 51.9. The van der Waals surface area contributed by atoms with Crippen LogP contribution in [0.3, 0.4) is 0 Å². The van der Waals surface area contributed by atoms with E-state index >= 15 is 0 Å². The lowest BCUT2D eigenvalue weighted by molar-refractivity contribution is -0.318. The number of esters is 2. The largest absolute Gasteiger partial charge is 0.459 e. The van der Waals surface area contributed by atoms with Gasteiger partial charge in [0.1, 0.15) is 30.0 Å². The fraction of sp³-hybridized carbons (Fsp3) is 0.804. The second kappa shape index (κ2) is 21.5. The number of methoxy groups -OCH3 is 1. The molecule has 4 rings (SSSR count). The number of aliphatic hydroxyl groups excluding tert-OH is 2. The van der Waals surface area contributed by atoms with E-state index in [0.29, 0.717) is 12.1 Å². The van der Waals surface area contributed by atoms with Crippen LogP contribution in [-0.2, 0) is 54.2 Å². The van der Waals surface area contributed by atoms with Crippen molar-refractivity contribution in [3.8, 4) is 0 Å². The van der Waals surface area contributed by atoms with E-state index in [4.69, 9.17) is 38.0 Å². The van der Waals surface area contributed by atoms with Crippen molar-refractivity contribution in [2.24, 2.45) is 28.8 Å². The molecule has 0 aromatic heterocycles. The average Bonchev–Trinajstić information content (AvgIpc) is 3.20. The van der Waals surface area contributed by atoms with E-state index in [9.17, 15) is 30.0 Å². The predicted octanol–water partition coefficient (Wildman–Crippen LogP) is 4.36. The summed E-state index contributed by atoms with van der Waals surface area (Å²) in [4.78, 5) is 34.4. The Kier molecular flexibility index (Phi) is 18.0. The summed E-state index contributed by atoms with van der Waals surface area (Å²) in [7, 11) is 5.24. The molecule has 16 heteroatoms. The van der Waals surface area contributed by atoms with E-state index in [-0.39, 0.29) is 38.0 Å². The molecule has 1 unspecified atom stereocenters. The molecule has 3 aliphatic rings. The zero-order chi connectivity index (χ0) is 46.5. The maximum atomic E-state index is 14.5. The summed E-state index contributed by atoms with van der Waals surface area (Å²) in [5, 5.41) is 53.2. The van der Waals surface area contributed by atoms with E-state index in [1.807, 2.05) is 63.2 Å². The minimum atomic E-state index is -1.97. The molecule has 0 bridgehead atoms. The lowest BCUT2D eigenvalue weighted by atomic mass is 9.73. The van der Waals surface area contributed by atoms with Gasteiger partial charge in [0, 0.05) is 44.2 Å². The van der Waals surface area contributed by atoms with Crippen molar-refractivity contribution in [2.75, 3.05) is 21.2 Å². The smallest absolute Gasteiger partial charge is 0.311 e. The fourth-order valence-corrected chi connectivity index (χ4v) is 9.74. The van der Waals surface area contributed by atoms with Crippen LogP contribution in [0.15, 0.2) is 35.5 Å². The molecule has 3 fully saturated rings. The van der Waals surface area contributed by atoms with Crippen LogP contribution in [0.5, 0.6) is 0 Å². The number of benzene rings is 1. The SMILES string of the molecule is CC[C@H]1OC(=O)[C@H](C)[C@@H](O[C@H]2C[C@@](C)(OC)[C@@H](OC(C)=O)[C@H](C)O2)[C@H](C)[C@@H](O[C@@H]2O[C@H](C)C[C@H](N(C)C)[C@H]2O)C(C)(O)C[C@@H](C)/C(=N\OCc2ccccc2)[C@H](C)[C@@H](O)[C@]1(C)O. The molecule has 3 heterocycles. The molecule has 18 atom stereocenters. The molecule has 3 saturated heterocycles. The van der Waals surface area contributed by atoms with Gasteiger partial charge >= 0.3 is 11.9 Å². The van der Waals surface area contributed by atoms with Crippen LogP contribution < -0.4 is 0 Å². The highest BCUT2D eigenvalue weighted by atomic mass is 16.7. The molecule has 1 aromatic rings. The number of carbonyl (C=O) groups is 2. The van der Waals surface area contributed by atoms with Crippen LogP contribution in [0.4, 0.5) is 0 Å². The summed E-state index contributed by atoms with van der Waals surface area (Å²) in [6.45, 7) is 18.6. The van der Waals surface area contributed by atoms with Gasteiger partial charge in [-0.2, -0.15) is 0 Å². The van der Waals surface area contributed by atoms with Crippen molar-refractivity contribution in [1.82, 2.24) is 4.90 Å². The highest BCUT2D eigenvalue weighted by Crippen LogP contribution is 2.41. The molecule has 16 nitrogen and oxygen atoms in total. The monoisotopic (exact) mass is 881 g/mol. The fourth-order valence-electron chi connectivity index (χ4n) is 9.74. The predicted molar refractivity (Wildman–Crippen MR) is 229 cm³/mol. The number of aliphatic hydroxyl groups is 4. The number of likely N-dealkylation sites (N-methyl/N-ethyl adjacent to an activating group) is 1. The second-order valence-electron chi connectivity index (χ2n) is 18.9. The van der Waals surface area contributed by atoms with E-state index in [1.54, 1.807) is 48.5 Å². The number of rotatable bonds is 11. The second-order valence-corrected chi connectivity index (χ2v) is 18.9. The minimum absolute atomic E-state index is 0.0181. The Balaban J connectivity index is 1.87. The minimum Gasteiger partial charge on any atom is -0.459 e. The third-order valence-electron chi connectivity index (χ3n) is 13.4. The first-order valence-corrected chi connectivity index (χ1v) is 22.1. The van der Waals surface area contributed by atoms with Crippen molar-refractivity contribution >= 4 is 17.7 Å². The highest BCUT2D eigenvalue weighted by Gasteiger charge is 2.54. The summed E-state index contributed by atoms with van der Waals surface area (Å²) < 4.78 is 43.9. The molecule has 0 aliphatic carbocycles. The third-order valence-corrected chi connectivity index (χ3v) is 13.4. The van der Waals surface area contributed by atoms with Crippen molar-refractivity contribution in [3.05, 3.63) is 35.9 Å². The molecular formula is C46H76N2O14. The summed E-state index contributed by atoms with van der Waals surface area (Å²) >= 11 is 0. The number of hydrogen-bond acceptors (Lipinski definition) is 16. The van der Waals surface area contributed by atoms with Crippen LogP contribution in [0.1, 0.15) is 107 Å². The zero-order valence-electron chi connectivity index (χ0n) is 39.3. The standard InChI is InChI=1S/C46H76N2O14/c1-15-34-46(11,54)39(51)27(4)36(47-56-24-32-19-17-16-18-20-32)25(2)22-44(9,53)40(62-43-37(50)33(48(12)13)21-26(3)57-43)28(5)38(29(6)42(52)60-34)61-35-23-45(10,55-14)41(30(7)58-35)59-31(8)49/h16-20,25-30,33-35,37-41,43,50-51,53-54H,15,21-24H2,1-14H3/b47-36+/t25-,26-,27+,28+,29-,30+,33+,34-,35+,37-,38+,39-,40-,41+,43+,44?,45-,46-/m1/s1. The molecule has 62 heavy (non-hydrogen) atoms. The van der Waals surface area contributed by atoms with Gasteiger partial charge in [-0.15, -0.1) is 0 Å². The van der Waals surface area contributed by atoms with Crippen molar-refractivity contribution in [1.29, 1.82) is 0 Å². The number of hydrogen-bond donors (Lipinski definition) is 4. The van der Waals surface area contributed by atoms with Crippen LogP contribution in [0, 0.1) is 23.7 Å². The van der Waals surface area contributed by atoms with Gasteiger partial charge in [0.25, 0.3) is 0 Å². The Labute approximate surface area is 368 Å².